The number of anilines is 2. The van der Waals surface area contributed by atoms with Crippen LogP contribution in [0.1, 0.15) is 11.3 Å². The monoisotopic (exact) mass is 276 g/mol. The van der Waals surface area contributed by atoms with Gasteiger partial charge < -0.3 is 20.5 Å². The maximum Gasteiger partial charge on any atom is 0.163 e. The lowest BCUT2D eigenvalue weighted by Crippen LogP contribution is -2.00. The molecule has 1 aromatic carbocycles. The quantitative estimate of drug-likeness (QED) is 0.904. The van der Waals surface area contributed by atoms with Gasteiger partial charge in [-0.05, 0) is 23.6 Å². The zero-order valence-corrected chi connectivity index (χ0v) is 11.3. The van der Waals surface area contributed by atoms with E-state index in [2.05, 4.69) is 5.32 Å². The molecule has 0 saturated heterocycles. The number of ether oxygens (including phenoxy) is 2. The van der Waals surface area contributed by atoms with Crippen molar-refractivity contribution in [3.8, 4) is 11.5 Å². The standard InChI is InChI=1S/C14H16N2O2S/c15-11-4-7-19-14(11)9-16-10-2-3-12-13(8-10)18-6-1-5-17-12/h2-4,7-8,16H,1,5-6,9,15H2. The van der Waals surface area contributed by atoms with Crippen LogP contribution in [0.2, 0.25) is 0 Å². The molecule has 1 aromatic heterocycles. The Balaban J connectivity index is 1.72. The van der Waals surface area contributed by atoms with E-state index in [4.69, 9.17) is 15.2 Å². The zero-order chi connectivity index (χ0) is 13.1. The molecule has 0 saturated carbocycles. The summed E-state index contributed by atoms with van der Waals surface area (Å²) >= 11 is 1.66. The van der Waals surface area contributed by atoms with E-state index in [1.165, 1.54) is 0 Å². The van der Waals surface area contributed by atoms with Crippen molar-refractivity contribution in [2.24, 2.45) is 0 Å². The van der Waals surface area contributed by atoms with Crippen molar-refractivity contribution in [2.45, 2.75) is 13.0 Å². The first kappa shape index (κ1) is 12.2. The van der Waals surface area contributed by atoms with Gasteiger partial charge in [-0.25, -0.2) is 0 Å². The van der Waals surface area contributed by atoms with Crippen molar-refractivity contribution in [1.82, 2.24) is 0 Å². The van der Waals surface area contributed by atoms with Gasteiger partial charge in [0.15, 0.2) is 11.5 Å². The van der Waals surface area contributed by atoms with E-state index in [0.29, 0.717) is 13.2 Å². The van der Waals surface area contributed by atoms with Crippen LogP contribution in [0.5, 0.6) is 11.5 Å². The lowest BCUT2D eigenvalue weighted by molar-refractivity contribution is 0.297. The highest BCUT2D eigenvalue weighted by Crippen LogP contribution is 2.32. The van der Waals surface area contributed by atoms with E-state index in [1.807, 2.05) is 29.6 Å². The van der Waals surface area contributed by atoms with Crippen LogP contribution >= 0.6 is 11.3 Å². The van der Waals surface area contributed by atoms with Gasteiger partial charge in [0, 0.05) is 28.7 Å². The first-order valence-corrected chi connectivity index (χ1v) is 7.16. The number of hydrogen-bond donors (Lipinski definition) is 2. The smallest absolute Gasteiger partial charge is 0.163 e. The van der Waals surface area contributed by atoms with Gasteiger partial charge in [0.25, 0.3) is 0 Å². The highest BCUT2D eigenvalue weighted by molar-refractivity contribution is 7.10. The Hall–Kier alpha value is -1.88. The van der Waals surface area contributed by atoms with Crippen LogP contribution in [0.15, 0.2) is 29.6 Å². The summed E-state index contributed by atoms with van der Waals surface area (Å²) in [6, 6.07) is 7.85. The van der Waals surface area contributed by atoms with Crippen molar-refractivity contribution in [1.29, 1.82) is 0 Å². The molecule has 0 radical (unpaired) electrons. The summed E-state index contributed by atoms with van der Waals surface area (Å²) in [6.07, 6.45) is 0.920. The van der Waals surface area contributed by atoms with Gasteiger partial charge in [-0.1, -0.05) is 0 Å². The van der Waals surface area contributed by atoms with E-state index < -0.39 is 0 Å². The third-order valence-corrected chi connectivity index (χ3v) is 3.92. The number of hydrogen-bond acceptors (Lipinski definition) is 5. The van der Waals surface area contributed by atoms with Crippen LogP contribution < -0.4 is 20.5 Å². The SMILES string of the molecule is Nc1ccsc1CNc1ccc2c(c1)OCCCO2. The predicted molar refractivity (Wildman–Crippen MR) is 78.1 cm³/mol. The van der Waals surface area contributed by atoms with Crippen LogP contribution in [0.25, 0.3) is 0 Å². The van der Waals surface area contributed by atoms with Crippen molar-refractivity contribution in [3.63, 3.8) is 0 Å². The molecule has 3 rings (SSSR count). The molecule has 1 aliphatic heterocycles. The van der Waals surface area contributed by atoms with Crippen LogP contribution in [0, 0.1) is 0 Å². The normalized spacial score (nSPS) is 13.9. The minimum atomic E-state index is 0.703. The number of nitrogen functional groups attached to an aromatic ring is 1. The van der Waals surface area contributed by atoms with E-state index in [1.54, 1.807) is 11.3 Å². The molecule has 2 aromatic rings. The van der Waals surface area contributed by atoms with Gasteiger partial charge in [-0.3, -0.25) is 0 Å². The fourth-order valence-corrected chi connectivity index (χ4v) is 2.69. The maximum atomic E-state index is 5.86. The maximum absolute atomic E-state index is 5.86. The van der Waals surface area contributed by atoms with Crippen molar-refractivity contribution >= 4 is 22.7 Å². The molecule has 2 heterocycles. The van der Waals surface area contributed by atoms with E-state index >= 15 is 0 Å². The van der Waals surface area contributed by atoms with Gasteiger partial charge in [0.1, 0.15) is 0 Å². The molecule has 0 spiro atoms. The minimum Gasteiger partial charge on any atom is -0.490 e. The number of nitrogens with two attached hydrogens (primary N) is 1. The molecule has 0 fully saturated rings. The second-order valence-electron chi connectivity index (χ2n) is 4.36. The summed E-state index contributed by atoms with van der Waals surface area (Å²) < 4.78 is 11.3. The molecular weight excluding hydrogens is 260 g/mol. The zero-order valence-electron chi connectivity index (χ0n) is 10.5. The number of rotatable bonds is 3. The first-order chi connectivity index (χ1) is 9.33. The van der Waals surface area contributed by atoms with Gasteiger partial charge >= 0.3 is 0 Å². The highest BCUT2D eigenvalue weighted by Gasteiger charge is 2.10. The van der Waals surface area contributed by atoms with Crippen molar-refractivity contribution in [2.75, 3.05) is 24.3 Å². The Morgan fingerprint density at radius 1 is 1.16 bits per heavy atom. The average Bonchev–Trinajstić information content (AvgIpc) is 2.70. The van der Waals surface area contributed by atoms with Gasteiger partial charge in [0.2, 0.25) is 0 Å². The molecule has 100 valence electrons. The largest absolute Gasteiger partial charge is 0.490 e. The fraction of sp³-hybridized carbons (Fsp3) is 0.286. The molecule has 0 aliphatic carbocycles. The summed E-state index contributed by atoms with van der Waals surface area (Å²) in [5.41, 5.74) is 7.71. The number of nitrogens with one attached hydrogen (secondary N) is 1. The first-order valence-electron chi connectivity index (χ1n) is 6.28. The Morgan fingerprint density at radius 3 is 2.79 bits per heavy atom. The molecule has 1 aliphatic rings. The van der Waals surface area contributed by atoms with Crippen molar-refractivity contribution in [3.05, 3.63) is 34.5 Å². The van der Waals surface area contributed by atoms with E-state index in [-0.39, 0.29) is 0 Å². The van der Waals surface area contributed by atoms with Crippen LogP contribution in [-0.4, -0.2) is 13.2 Å². The summed E-state index contributed by atoms with van der Waals surface area (Å²) in [5, 5.41) is 5.35. The predicted octanol–water partition coefficient (Wildman–Crippen LogP) is 3.10. The summed E-state index contributed by atoms with van der Waals surface area (Å²) in [5.74, 6) is 1.63. The van der Waals surface area contributed by atoms with E-state index in [9.17, 15) is 0 Å². The fourth-order valence-electron chi connectivity index (χ4n) is 1.95. The molecule has 4 nitrogen and oxygen atoms in total. The highest BCUT2D eigenvalue weighted by atomic mass is 32.1. The van der Waals surface area contributed by atoms with Gasteiger partial charge in [-0.2, -0.15) is 0 Å². The molecule has 0 bridgehead atoms. The summed E-state index contributed by atoms with van der Waals surface area (Å²) in [6.45, 7) is 2.14. The molecular formula is C14H16N2O2S. The second-order valence-corrected chi connectivity index (χ2v) is 5.37. The Bertz CT molecular complexity index is 568. The third kappa shape index (κ3) is 2.76. The molecule has 0 amide bonds. The topological polar surface area (TPSA) is 56.5 Å². The van der Waals surface area contributed by atoms with Gasteiger partial charge in [0.05, 0.1) is 19.8 Å². The molecule has 0 unspecified atom stereocenters. The van der Waals surface area contributed by atoms with Crippen LogP contribution in [0.3, 0.4) is 0 Å². The summed E-state index contributed by atoms with van der Waals surface area (Å²) in [7, 11) is 0. The molecule has 5 heteroatoms. The Morgan fingerprint density at radius 2 is 2.00 bits per heavy atom. The number of thiophene rings is 1. The lowest BCUT2D eigenvalue weighted by atomic mass is 10.2. The molecule has 0 atom stereocenters. The number of fused-ring (bicyclic) bond motifs is 1. The molecule has 19 heavy (non-hydrogen) atoms. The Labute approximate surface area is 116 Å². The van der Waals surface area contributed by atoms with Crippen LogP contribution in [-0.2, 0) is 6.54 Å². The second kappa shape index (κ2) is 5.40. The third-order valence-electron chi connectivity index (χ3n) is 2.98. The molecule has 3 N–H and O–H groups in total. The van der Waals surface area contributed by atoms with Gasteiger partial charge in [-0.15, -0.1) is 11.3 Å². The van der Waals surface area contributed by atoms with E-state index in [0.717, 1.165) is 40.7 Å². The minimum absolute atomic E-state index is 0.703. The van der Waals surface area contributed by atoms with Crippen LogP contribution in [0.4, 0.5) is 11.4 Å². The summed E-state index contributed by atoms with van der Waals surface area (Å²) in [4.78, 5) is 1.15. The average molecular weight is 276 g/mol. The van der Waals surface area contributed by atoms with Crippen molar-refractivity contribution < 1.29 is 9.47 Å². The number of benzene rings is 1. The Kier molecular flexibility index (Phi) is 3.46. The lowest BCUT2D eigenvalue weighted by Gasteiger charge is -2.10.